The summed E-state index contributed by atoms with van der Waals surface area (Å²) in [5.41, 5.74) is 2.89. The molecule has 0 radical (unpaired) electrons. The molecule has 5 heteroatoms. The molecular formula is C28H40O4S. The van der Waals surface area contributed by atoms with Crippen LogP contribution in [0.5, 0.6) is 0 Å². The summed E-state index contributed by atoms with van der Waals surface area (Å²) >= 11 is 0. The standard InChI is InChI=1S/C28H40O4S/c1-20(14-16-33(31,32)25-8-4-3-5-9-25)26-12-13-27-22(7-6-15-28(26,27)2)11-10-21-17-23(29)19-24(30)18-21/h3-5,8-11,20,23-24,26-27,29-30H,6-7,12-19H2,1-2H3/b21-10?,22-11+. The monoisotopic (exact) mass is 472 g/mol. The average molecular weight is 473 g/mol. The van der Waals surface area contributed by atoms with Crippen LogP contribution in [0.4, 0.5) is 0 Å². The Morgan fingerprint density at radius 3 is 2.48 bits per heavy atom. The molecule has 0 aromatic heterocycles. The highest BCUT2D eigenvalue weighted by Crippen LogP contribution is 2.59. The zero-order valence-electron chi connectivity index (χ0n) is 20.1. The Hall–Kier alpha value is -1.43. The van der Waals surface area contributed by atoms with Gasteiger partial charge in [0.05, 0.1) is 22.9 Å². The smallest absolute Gasteiger partial charge is 0.178 e. The van der Waals surface area contributed by atoms with E-state index in [2.05, 4.69) is 26.0 Å². The summed E-state index contributed by atoms with van der Waals surface area (Å²) in [5, 5.41) is 20.0. The van der Waals surface area contributed by atoms with E-state index in [0.717, 1.165) is 12.0 Å². The molecule has 6 atom stereocenters. The summed E-state index contributed by atoms with van der Waals surface area (Å²) in [6.45, 7) is 4.69. The Labute approximate surface area is 199 Å². The third-order valence-electron chi connectivity index (χ3n) is 8.74. The van der Waals surface area contributed by atoms with Gasteiger partial charge in [-0.25, -0.2) is 8.42 Å². The third kappa shape index (κ3) is 5.47. The first-order chi connectivity index (χ1) is 15.7. The van der Waals surface area contributed by atoms with E-state index in [1.807, 2.05) is 6.07 Å². The molecule has 0 spiro atoms. The molecule has 6 unspecified atom stereocenters. The fraction of sp³-hybridized carbons (Fsp3) is 0.643. The van der Waals surface area contributed by atoms with E-state index in [4.69, 9.17) is 0 Å². The molecule has 2 N–H and O–H groups in total. The van der Waals surface area contributed by atoms with Gasteiger partial charge in [0.2, 0.25) is 0 Å². The summed E-state index contributed by atoms with van der Waals surface area (Å²) in [6.07, 6.45) is 12.0. The lowest BCUT2D eigenvalue weighted by molar-refractivity contribution is 0.0609. The largest absolute Gasteiger partial charge is 0.393 e. The Morgan fingerprint density at radius 2 is 1.79 bits per heavy atom. The molecular weight excluding hydrogens is 432 g/mol. The number of hydrogen-bond acceptors (Lipinski definition) is 4. The lowest BCUT2D eigenvalue weighted by Crippen LogP contribution is -2.36. The van der Waals surface area contributed by atoms with Crippen LogP contribution in [0.3, 0.4) is 0 Å². The van der Waals surface area contributed by atoms with Crippen LogP contribution in [0, 0.1) is 23.2 Å². The van der Waals surface area contributed by atoms with E-state index in [1.165, 1.54) is 31.3 Å². The quantitative estimate of drug-likeness (QED) is 0.576. The predicted octanol–water partition coefficient (Wildman–Crippen LogP) is 5.46. The summed E-state index contributed by atoms with van der Waals surface area (Å²) in [5.74, 6) is 1.69. The van der Waals surface area contributed by atoms with Crippen LogP contribution in [0.25, 0.3) is 0 Å². The molecule has 4 rings (SSSR count). The molecule has 0 saturated heterocycles. The van der Waals surface area contributed by atoms with Gasteiger partial charge in [-0.05, 0) is 93.1 Å². The van der Waals surface area contributed by atoms with Gasteiger partial charge in [-0.2, -0.15) is 0 Å². The predicted molar refractivity (Wildman–Crippen MR) is 132 cm³/mol. The molecule has 0 amide bonds. The number of sulfone groups is 1. The molecule has 33 heavy (non-hydrogen) atoms. The van der Waals surface area contributed by atoms with Crippen molar-refractivity contribution in [3.63, 3.8) is 0 Å². The molecule has 0 bridgehead atoms. The molecule has 3 saturated carbocycles. The van der Waals surface area contributed by atoms with Crippen molar-refractivity contribution in [2.24, 2.45) is 23.2 Å². The molecule has 3 fully saturated rings. The number of fused-ring (bicyclic) bond motifs is 1. The summed E-state index contributed by atoms with van der Waals surface area (Å²) in [7, 11) is -3.23. The van der Waals surface area contributed by atoms with E-state index >= 15 is 0 Å². The van der Waals surface area contributed by atoms with Gasteiger partial charge in [0.1, 0.15) is 0 Å². The maximum atomic E-state index is 12.8. The molecule has 3 aliphatic rings. The Bertz CT molecular complexity index is 968. The highest BCUT2D eigenvalue weighted by molar-refractivity contribution is 7.91. The fourth-order valence-electron chi connectivity index (χ4n) is 7.03. The summed E-state index contributed by atoms with van der Waals surface area (Å²) in [6, 6.07) is 8.83. The zero-order valence-corrected chi connectivity index (χ0v) is 20.9. The van der Waals surface area contributed by atoms with Crippen molar-refractivity contribution in [3.8, 4) is 0 Å². The van der Waals surface area contributed by atoms with Crippen molar-refractivity contribution in [2.45, 2.75) is 88.7 Å². The second kappa shape index (κ2) is 10.1. The normalized spacial score (nSPS) is 34.8. The zero-order chi connectivity index (χ0) is 23.6. The minimum Gasteiger partial charge on any atom is -0.393 e. The van der Waals surface area contributed by atoms with Crippen LogP contribution in [-0.4, -0.2) is 36.6 Å². The highest BCUT2D eigenvalue weighted by Gasteiger charge is 2.50. The number of hydrogen-bond donors (Lipinski definition) is 2. The van der Waals surface area contributed by atoms with Crippen LogP contribution in [0.1, 0.15) is 71.6 Å². The van der Waals surface area contributed by atoms with Gasteiger partial charge in [-0.3, -0.25) is 0 Å². The van der Waals surface area contributed by atoms with Gasteiger partial charge in [-0.15, -0.1) is 0 Å². The Kier molecular flexibility index (Phi) is 7.52. The SMILES string of the molecule is CC(CCS(=O)(=O)c1ccccc1)C1CCC2/C(=C/C=C3CC(O)CC(O)C3)CCCC21C. The molecule has 0 heterocycles. The van der Waals surface area contributed by atoms with Gasteiger partial charge in [-0.1, -0.05) is 55.3 Å². The lowest BCUT2D eigenvalue weighted by Gasteiger charge is -2.44. The van der Waals surface area contributed by atoms with Crippen LogP contribution in [-0.2, 0) is 9.84 Å². The van der Waals surface area contributed by atoms with Crippen molar-refractivity contribution in [1.82, 2.24) is 0 Å². The number of allylic oxidation sites excluding steroid dienone is 3. The van der Waals surface area contributed by atoms with Gasteiger partial charge in [0, 0.05) is 0 Å². The first kappa shape index (κ1) is 24.7. The molecule has 182 valence electrons. The molecule has 0 aliphatic heterocycles. The first-order valence-electron chi connectivity index (χ1n) is 12.7. The lowest BCUT2D eigenvalue weighted by atomic mass is 9.61. The van der Waals surface area contributed by atoms with Gasteiger partial charge in [0.25, 0.3) is 0 Å². The molecule has 4 nitrogen and oxygen atoms in total. The van der Waals surface area contributed by atoms with E-state index in [-0.39, 0.29) is 11.2 Å². The fourth-order valence-corrected chi connectivity index (χ4v) is 8.52. The van der Waals surface area contributed by atoms with Crippen LogP contribution in [0.2, 0.25) is 0 Å². The van der Waals surface area contributed by atoms with Crippen molar-refractivity contribution >= 4 is 9.84 Å². The van der Waals surface area contributed by atoms with Crippen LogP contribution < -0.4 is 0 Å². The van der Waals surface area contributed by atoms with E-state index in [9.17, 15) is 18.6 Å². The summed E-state index contributed by atoms with van der Waals surface area (Å²) < 4.78 is 25.6. The Balaban J connectivity index is 1.44. The minimum absolute atomic E-state index is 0.217. The van der Waals surface area contributed by atoms with E-state index < -0.39 is 22.0 Å². The molecule has 3 aliphatic carbocycles. The highest BCUT2D eigenvalue weighted by atomic mass is 32.2. The van der Waals surface area contributed by atoms with E-state index in [0.29, 0.717) is 48.3 Å². The molecule has 1 aromatic carbocycles. The van der Waals surface area contributed by atoms with Crippen LogP contribution in [0.15, 0.2) is 58.5 Å². The summed E-state index contributed by atoms with van der Waals surface area (Å²) in [4.78, 5) is 0.432. The number of benzene rings is 1. The maximum Gasteiger partial charge on any atom is 0.178 e. The second-order valence-corrected chi connectivity index (χ2v) is 13.1. The minimum atomic E-state index is -3.23. The second-order valence-electron chi connectivity index (χ2n) is 11.0. The molecule has 1 aromatic rings. The average Bonchev–Trinajstić information content (AvgIpc) is 3.13. The van der Waals surface area contributed by atoms with Crippen molar-refractivity contribution in [3.05, 3.63) is 53.6 Å². The van der Waals surface area contributed by atoms with Gasteiger partial charge in [0.15, 0.2) is 9.84 Å². The van der Waals surface area contributed by atoms with E-state index in [1.54, 1.807) is 24.3 Å². The number of aliphatic hydroxyl groups is 2. The maximum absolute atomic E-state index is 12.8. The van der Waals surface area contributed by atoms with Gasteiger partial charge >= 0.3 is 0 Å². The number of aliphatic hydroxyl groups excluding tert-OH is 2. The third-order valence-corrected chi connectivity index (χ3v) is 10.5. The topological polar surface area (TPSA) is 74.6 Å². The Morgan fingerprint density at radius 1 is 1.09 bits per heavy atom. The van der Waals surface area contributed by atoms with Crippen molar-refractivity contribution < 1.29 is 18.6 Å². The van der Waals surface area contributed by atoms with Crippen molar-refractivity contribution in [1.29, 1.82) is 0 Å². The van der Waals surface area contributed by atoms with Crippen molar-refractivity contribution in [2.75, 3.05) is 5.75 Å². The number of rotatable bonds is 6. The van der Waals surface area contributed by atoms with Gasteiger partial charge < -0.3 is 10.2 Å². The van der Waals surface area contributed by atoms with Crippen LogP contribution >= 0.6 is 0 Å². The first-order valence-corrected chi connectivity index (χ1v) is 14.4.